The number of amides is 2. The molecule has 4 rings (SSSR count). The van der Waals surface area contributed by atoms with E-state index >= 15 is 0 Å². The fourth-order valence-electron chi connectivity index (χ4n) is 4.15. The number of hydrogen-bond donors (Lipinski definition) is 1. The van der Waals surface area contributed by atoms with Gasteiger partial charge in [-0.05, 0) is 39.7 Å². The van der Waals surface area contributed by atoms with Crippen LogP contribution in [0.4, 0.5) is 18.0 Å². The number of nitrogens with one attached hydrogen (secondary N) is 1. The molecule has 1 N–H and O–H groups in total. The molecule has 1 saturated carbocycles. The van der Waals surface area contributed by atoms with Gasteiger partial charge in [0.1, 0.15) is 5.60 Å². The molecular weight excluding hydrogens is 443 g/mol. The Morgan fingerprint density at radius 2 is 1.97 bits per heavy atom. The first kappa shape index (κ1) is 23.0. The van der Waals surface area contributed by atoms with Crippen molar-refractivity contribution in [1.29, 1.82) is 0 Å². The Morgan fingerprint density at radius 1 is 1.24 bits per heavy atom. The van der Waals surface area contributed by atoms with E-state index in [9.17, 15) is 22.8 Å². The summed E-state index contributed by atoms with van der Waals surface area (Å²) in [6, 6.07) is 0.894. The van der Waals surface area contributed by atoms with Crippen LogP contribution in [0.15, 0.2) is 16.8 Å². The number of nitrogens with zero attached hydrogens (tertiary/aromatic N) is 4. The number of hydrogen-bond acceptors (Lipinski definition) is 7. The third-order valence-electron chi connectivity index (χ3n) is 5.54. The highest BCUT2D eigenvalue weighted by atomic mass is 19.4. The van der Waals surface area contributed by atoms with Crippen molar-refractivity contribution >= 4 is 12.0 Å². The maximum absolute atomic E-state index is 13.2. The lowest BCUT2D eigenvalue weighted by Crippen LogP contribution is -2.54. The van der Waals surface area contributed by atoms with Crippen LogP contribution in [0.1, 0.15) is 68.4 Å². The molecule has 1 aliphatic heterocycles. The lowest BCUT2D eigenvalue weighted by atomic mass is 9.89. The summed E-state index contributed by atoms with van der Waals surface area (Å²) in [5.74, 6) is -2.07. The van der Waals surface area contributed by atoms with Gasteiger partial charge >= 0.3 is 18.2 Å². The molecule has 3 heterocycles. The molecule has 0 unspecified atom stereocenters. The fraction of sp³-hybridized carbons (Fsp3) is 0.571. The van der Waals surface area contributed by atoms with E-state index in [1.807, 2.05) is 0 Å². The number of pyridine rings is 1. The highest BCUT2D eigenvalue weighted by Gasteiger charge is 2.41. The molecule has 2 aliphatic rings. The molecule has 178 valence electrons. The van der Waals surface area contributed by atoms with Crippen LogP contribution in [-0.4, -0.2) is 49.7 Å². The van der Waals surface area contributed by atoms with Crippen molar-refractivity contribution in [2.75, 3.05) is 0 Å². The summed E-state index contributed by atoms with van der Waals surface area (Å²) in [7, 11) is 0. The predicted molar refractivity (Wildman–Crippen MR) is 108 cm³/mol. The van der Waals surface area contributed by atoms with Crippen molar-refractivity contribution in [3.05, 3.63) is 29.4 Å². The van der Waals surface area contributed by atoms with Crippen molar-refractivity contribution in [3.63, 3.8) is 0 Å². The molecule has 33 heavy (non-hydrogen) atoms. The van der Waals surface area contributed by atoms with E-state index in [1.165, 1.54) is 12.3 Å². The molecular formula is C21H24F3N5O4. The molecule has 2 amide bonds. The second-order valence-electron chi connectivity index (χ2n) is 9.18. The molecule has 0 saturated heterocycles. The highest BCUT2D eigenvalue weighted by molar-refractivity contribution is 5.99. The van der Waals surface area contributed by atoms with Gasteiger partial charge in [0.2, 0.25) is 5.82 Å². The maximum Gasteiger partial charge on any atom is 0.471 e. The number of ether oxygens (including phenoxy) is 1. The van der Waals surface area contributed by atoms with Gasteiger partial charge in [-0.25, -0.2) is 4.79 Å². The van der Waals surface area contributed by atoms with E-state index in [1.54, 1.807) is 25.7 Å². The second kappa shape index (κ2) is 8.31. The average Bonchev–Trinajstić information content (AvgIpc) is 3.32. The largest absolute Gasteiger partial charge is 0.471 e. The number of carbonyl (C=O) groups excluding carboxylic acids is 2. The Balaban J connectivity index is 1.53. The standard InChI is InChI=1S/C21H24F3N5O4/c1-20(2,3)32-19(31)26-13-6-4-5-7-15(13)29-10-14-12(17(29)30)8-11(9-25-14)16-27-18(33-28-16)21(22,23)24/h8-9,13,15H,4-7,10H2,1-3H3,(H,26,31)/t13-,15-/m1/s1. The first-order valence-electron chi connectivity index (χ1n) is 10.6. The molecule has 9 nitrogen and oxygen atoms in total. The lowest BCUT2D eigenvalue weighted by Gasteiger charge is -2.38. The van der Waals surface area contributed by atoms with Crippen molar-refractivity contribution in [2.45, 2.75) is 76.9 Å². The predicted octanol–water partition coefficient (Wildman–Crippen LogP) is 3.94. The Morgan fingerprint density at radius 3 is 2.64 bits per heavy atom. The number of rotatable bonds is 3. The number of alkyl halides is 3. The van der Waals surface area contributed by atoms with Crippen molar-refractivity contribution in [1.82, 2.24) is 25.3 Å². The first-order chi connectivity index (χ1) is 15.4. The number of aromatic nitrogens is 3. The van der Waals surface area contributed by atoms with Crippen LogP contribution in [0.2, 0.25) is 0 Å². The van der Waals surface area contributed by atoms with Crippen molar-refractivity contribution in [2.24, 2.45) is 0 Å². The summed E-state index contributed by atoms with van der Waals surface area (Å²) >= 11 is 0. The number of halogens is 3. The van der Waals surface area contributed by atoms with Gasteiger partial charge in [-0.3, -0.25) is 9.78 Å². The zero-order valence-corrected chi connectivity index (χ0v) is 18.4. The third kappa shape index (κ3) is 4.93. The summed E-state index contributed by atoms with van der Waals surface area (Å²) in [5.41, 5.74) is 0.280. The van der Waals surface area contributed by atoms with Gasteiger partial charge in [0.25, 0.3) is 5.91 Å². The summed E-state index contributed by atoms with van der Waals surface area (Å²) in [5, 5.41) is 6.24. The molecule has 0 radical (unpaired) electrons. The van der Waals surface area contributed by atoms with Crippen LogP contribution in [-0.2, 0) is 17.5 Å². The minimum absolute atomic E-state index is 0.148. The summed E-state index contributed by atoms with van der Waals surface area (Å²) < 4.78 is 47.9. The van der Waals surface area contributed by atoms with Crippen molar-refractivity contribution < 1.29 is 32.0 Å². The van der Waals surface area contributed by atoms with Gasteiger partial charge in [0.15, 0.2) is 0 Å². The van der Waals surface area contributed by atoms with Crippen LogP contribution in [0.5, 0.6) is 0 Å². The van der Waals surface area contributed by atoms with E-state index in [2.05, 4.69) is 25.0 Å². The summed E-state index contributed by atoms with van der Waals surface area (Å²) in [6.07, 6.45) is -0.774. The van der Waals surface area contributed by atoms with Gasteiger partial charge in [-0.2, -0.15) is 18.2 Å². The fourth-order valence-corrected chi connectivity index (χ4v) is 4.15. The Bertz CT molecular complexity index is 1060. The van der Waals surface area contributed by atoms with Crippen LogP contribution < -0.4 is 5.32 Å². The third-order valence-corrected chi connectivity index (χ3v) is 5.54. The minimum Gasteiger partial charge on any atom is -0.444 e. The second-order valence-corrected chi connectivity index (χ2v) is 9.18. The minimum atomic E-state index is -4.76. The first-order valence-corrected chi connectivity index (χ1v) is 10.6. The van der Waals surface area contributed by atoms with E-state index in [0.29, 0.717) is 18.5 Å². The quantitative estimate of drug-likeness (QED) is 0.728. The molecule has 2 atom stereocenters. The molecule has 2 aromatic rings. The maximum atomic E-state index is 13.2. The van der Waals surface area contributed by atoms with E-state index in [0.717, 1.165) is 12.8 Å². The van der Waals surface area contributed by atoms with Gasteiger partial charge in [0, 0.05) is 11.8 Å². The monoisotopic (exact) mass is 467 g/mol. The van der Waals surface area contributed by atoms with Gasteiger partial charge in [0.05, 0.1) is 29.9 Å². The Kier molecular flexibility index (Phi) is 5.79. The molecule has 1 aliphatic carbocycles. The zero-order valence-electron chi connectivity index (χ0n) is 18.4. The van der Waals surface area contributed by atoms with E-state index < -0.39 is 23.8 Å². The number of fused-ring (bicyclic) bond motifs is 1. The topological polar surface area (TPSA) is 110 Å². The van der Waals surface area contributed by atoms with E-state index in [4.69, 9.17) is 4.74 Å². The average molecular weight is 467 g/mol. The highest BCUT2D eigenvalue weighted by Crippen LogP contribution is 2.33. The van der Waals surface area contributed by atoms with Crippen LogP contribution >= 0.6 is 0 Å². The van der Waals surface area contributed by atoms with Crippen LogP contribution in [0, 0.1) is 0 Å². The summed E-state index contributed by atoms with van der Waals surface area (Å²) in [6.45, 7) is 5.56. The van der Waals surface area contributed by atoms with Gasteiger partial charge in [-0.1, -0.05) is 18.0 Å². The van der Waals surface area contributed by atoms with Gasteiger partial charge < -0.3 is 19.5 Å². The molecule has 0 spiro atoms. The Hall–Kier alpha value is -3.18. The lowest BCUT2D eigenvalue weighted by molar-refractivity contribution is -0.159. The molecule has 2 aromatic heterocycles. The van der Waals surface area contributed by atoms with Gasteiger partial charge in [-0.15, -0.1) is 0 Å². The van der Waals surface area contributed by atoms with E-state index in [-0.39, 0.29) is 41.5 Å². The number of carbonyl (C=O) groups is 2. The Labute approximate surface area is 187 Å². The van der Waals surface area contributed by atoms with Crippen molar-refractivity contribution in [3.8, 4) is 11.4 Å². The molecule has 0 aromatic carbocycles. The summed E-state index contributed by atoms with van der Waals surface area (Å²) in [4.78, 5) is 34.8. The normalized spacial score (nSPS) is 21.2. The number of alkyl carbamates (subject to hydrolysis) is 1. The van der Waals surface area contributed by atoms with Crippen LogP contribution in [0.3, 0.4) is 0 Å². The SMILES string of the molecule is CC(C)(C)OC(=O)N[C@@H]1CCCC[C@H]1N1Cc2ncc(-c3noc(C(F)(F)F)n3)cc2C1=O. The van der Waals surface area contributed by atoms with Crippen LogP contribution in [0.25, 0.3) is 11.4 Å². The smallest absolute Gasteiger partial charge is 0.444 e. The molecule has 12 heteroatoms. The molecule has 0 bridgehead atoms. The zero-order chi connectivity index (χ0) is 24.0. The molecule has 1 fully saturated rings.